The van der Waals surface area contributed by atoms with E-state index < -0.39 is 0 Å². The van der Waals surface area contributed by atoms with E-state index in [1.54, 1.807) is 0 Å². The molecule has 2 heteroatoms. The van der Waals surface area contributed by atoms with Gasteiger partial charge in [0.1, 0.15) is 0 Å². The molecule has 16 heavy (non-hydrogen) atoms. The maximum Gasteiger partial charge on any atom is 0.0791 e. The molecule has 0 spiro atoms. The van der Waals surface area contributed by atoms with Gasteiger partial charge >= 0.3 is 0 Å². The highest BCUT2D eigenvalue weighted by molar-refractivity contribution is 7.99. The second-order valence-electron chi connectivity index (χ2n) is 4.93. The Labute approximate surface area is 103 Å². The molecule has 1 aliphatic heterocycles. The van der Waals surface area contributed by atoms with Crippen LogP contribution < -0.4 is 5.32 Å². The topological polar surface area (TPSA) is 12.0 Å². The SMILES string of the molecule is CC1CCSC(c2ccc(C(C)C)cc2)N1. The van der Waals surface area contributed by atoms with Gasteiger partial charge in [0.2, 0.25) is 0 Å². The number of hydrogen-bond donors (Lipinski definition) is 1. The van der Waals surface area contributed by atoms with Crippen LogP contribution in [-0.2, 0) is 0 Å². The van der Waals surface area contributed by atoms with Crippen LogP contribution in [0.5, 0.6) is 0 Å². The molecule has 0 radical (unpaired) electrons. The summed E-state index contributed by atoms with van der Waals surface area (Å²) >= 11 is 2.02. The molecule has 1 saturated heterocycles. The van der Waals surface area contributed by atoms with Gasteiger partial charge in [0.25, 0.3) is 0 Å². The summed E-state index contributed by atoms with van der Waals surface area (Å²) in [5, 5.41) is 4.13. The predicted octanol–water partition coefficient (Wildman–Crippen LogP) is 3.92. The van der Waals surface area contributed by atoms with Crippen LogP contribution in [0.15, 0.2) is 24.3 Å². The first kappa shape index (κ1) is 12.0. The lowest BCUT2D eigenvalue weighted by atomic mass is 10.0. The van der Waals surface area contributed by atoms with E-state index in [2.05, 4.69) is 50.4 Å². The molecule has 1 aliphatic rings. The van der Waals surface area contributed by atoms with Gasteiger partial charge in [0.15, 0.2) is 0 Å². The fraction of sp³-hybridized carbons (Fsp3) is 0.571. The minimum Gasteiger partial charge on any atom is -0.299 e. The molecule has 1 aromatic rings. The van der Waals surface area contributed by atoms with E-state index in [0.29, 0.717) is 17.3 Å². The Morgan fingerprint density at radius 1 is 1.25 bits per heavy atom. The summed E-state index contributed by atoms with van der Waals surface area (Å²) in [5.41, 5.74) is 2.85. The summed E-state index contributed by atoms with van der Waals surface area (Å²) in [5.74, 6) is 1.89. The zero-order chi connectivity index (χ0) is 11.5. The molecule has 1 heterocycles. The average molecular weight is 235 g/mol. The molecule has 88 valence electrons. The largest absolute Gasteiger partial charge is 0.299 e. The van der Waals surface area contributed by atoms with Gasteiger partial charge in [-0.25, -0.2) is 0 Å². The van der Waals surface area contributed by atoms with Gasteiger partial charge in [-0.1, -0.05) is 38.1 Å². The number of nitrogens with one attached hydrogen (secondary N) is 1. The van der Waals surface area contributed by atoms with Crippen LogP contribution in [0.4, 0.5) is 0 Å². The van der Waals surface area contributed by atoms with Crippen molar-refractivity contribution in [2.45, 2.75) is 44.5 Å². The van der Waals surface area contributed by atoms with Crippen molar-refractivity contribution in [2.75, 3.05) is 5.75 Å². The second kappa shape index (κ2) is 5.24. The Morgan fingerprint density at radius 3 is 2.50 bits per heavy atom. The lowest BCUT2D eigenvalue weighted by Gasteiger charge is -2.28. The third kappa shape index (κ3) is 2.80. The molecular formula is C14H21NS. The number of hydrogen-bond acceptors (Lipinski definition) is 2. The third-order valence-corrected chi connectivity index (χ3v) is 4.39. The zero-order valence-corrected chi connectivity index (χ0v) is 11.2. The van der Waals surface area contributed by atoms with Gasteiger partial charge in [0.05, 0.1) is 5.37 Å². The van der Waals surface area contributed by atoms with Crippen molar-refractivity contribution in [1.29, 1.82) is 0 Å². The molecule has 0 bridgehead atoms. The van der Waals surface area contributed by atoms with Crippen LogP contribution in [0, 0.1) is 0 Å². The molecule has 0 aromatic heterocycles. The molecule has 2 unspecified atom stereocenters. The van der Waals surface area contributed by atoms with Crippen LogP contribution in [0.2, 0.25) is 0 Å². The smallest absolute Gasteiger partial charge is 0.0791 e. The van der Waals surface area contributed by atoms with Gasteiger partial charge in [-0.3, -0.25) is 5.32 Å². The standard InChI is InChI=1S/C14H21NS/c1-10(2)12-4-6-13(7-5-12)14-15-11(3)8-9-16-14/h4-7,10-11,14-15H,8-9H2,1-3H3. The zero-order valence-electron chi connectivity index (χ0n) is 10.4. The van der Waals surface area contributed by atoms with Crippen molar-refractivity contribution in [3.05, 3.63) is 35.4 Å². The molecule has 1 N–H and O–H groups in total. The fourth-order valence-electron chi connectivity index (χ4n) is 2.00. The maximum atomic E-state index is 3.64. The van der Waals surface area contributed by atoms with Crippen molar-refractivity contribution in [2.24, 2.45) is 0 Å². The Bertz CT molecular complexity index is 331. The van der Waals surface area contributed by atoms with E-state index >= 15 is 0 Å². The summed E-state index contributed by atoms with van der Waals surface area (Å²) in [6.07, 6.45) is 1.28. The Hall–Kier alpha value is -0.470. The van der Waals surface area contributed by atoms with Crippen molar-refractivity contribution in [3.8, 4) is 0 Å². The van der Waals surface area contributed by atoms with E-state index in [9.17, 15) is 0 Å². The van der Waals surface area contributed by atoms with Crippen molar-refractivity contribution >= 4 is 11.8 Å². The van der Waals surface area contributed by atoms with Gasteiger partial charge in [-0.2, -0.15) is 0 Å². The van der Waals surface area contributed by atoms with Crippen molar-refractivity contribution in [1.82, 2.24) is 5.32 Å². The summed E-state index contributed by atoms with van der Waals surface area (Å²) in [6, 6.07) is 9.73. The summed E-state index contributed by atoms with van der Waals surface area (Å²) in [6.45, 7) is 6.75. The molecule has 1 fully saturated rings. The average Bonchev–Trinajstić information content (AvgIpc) is 2.29. The fourth-order valence-corrected chi connectivity index (χ4v) is 3.40. The van der Waals surface area contributed by atoms with E-state index in [1.807, 2.05) is 11.8 Å². The van der Waals surface area contributed by atoms with Crippen LogP contribution in [-0.4, -0.2) is 11.8 Å². The Morgan fingerprint density at radius 2 is 1.94 bits per heavy atom. The van der Waals surface area contributed by atoms with Crippen LogP contribution in [0.3, 0.4) is 0 Å². The second-order valence-corrected chi connectivity index (χ2v) is 6.14. The van der Waals surface area contributed by atoms with Gasteiger partial charge < -0.3 is 0 Å². The highest BCUT2D eigenvalue weighted by Crippen LogP contribution is 2.32. The van der Waals surface area contributed by atoms with E-state index in [-0.39, 0.29) is 0 Å². The monoisotopic (exact) mass is 235 g/mol. The van der Waals surface area contributed by atoms with Crippen LogP contribution in [0.1, 0.15) is 49.6 Å². The lowest BCUT2D eigenvalue weighted by Crippen LogP contribution is -2.33. The quantitative estimate of drug-likeness (QED) is 0.833. The summed E-state index contributed by atoms with van der Waals surface area (Å²) < 4.78 is 0. The first-order valence-electron chi connectivity index (χ1n) is 6.14. The Balaban J connectivity index is 2.09. The normalized spacial score (nSPS) is 26.0. The molecule has 0 saturated carbocycles. The van der Waals surface area contributed by atoms with E-state index in [4.69, 9.17) is 0 Å². The van der Waals surface area contributed by atoms with E-state index in [1.165, 1.54) is 23.3 Å². The Kier molecular flexibility index (Phi) is 3.93. The lowest BCUT2D eigenvalue weighted by molar-refractivity contribution is 0.512. The predicted molar refractivity (Wildman–Crippen MR) is 72.9 cm³/mol. The number of rotatable bonds is 2. The highest BCUT2D eigenvalue weighted by atomic mass is 32.2. The molecule has 1 nitrogen and oxygen atoms in total. The van der Waals surface area contributed by atoms with Crippen LogP contribution >= 0.6 is 11.8 Å². The highest BCUT2D eigenvalue weighted by Gasteiger charge is 2.19. The minimum absolute atomic E-state index is 0.491. The molecule has 2 atom stereocenters. The minimum atomic E-state index is 0.491. The maximum absolute atomic E-state index is 3.64. The molecular weight excluding hydrogens is 214 g/mol. The van der Waals surface area contributed by atoms with Crippen molar-refractivity contribution < 1.29 is 0 Å². The van der Waals surface area contributed by atoms with Gasteiger partial charge in [0, 0.05) is 6.04 Å². The summed E-state index contributed by atoms with van der Waals surface area (Å²) in [7, 11) is 0. The van der Waals surface area contributed by atoms with E-state index in [0.717, 1.165) is 0 Å². The molecule has 0 amide bonds. The van der Waals surface area contributed by atoms with Gasteiger partial charge in [-0.15, -0.1) is 11.8 Å². The molecule has 2 rings (SSSR count). The van der Waals surface area contributed by atoms with Gasteiger partial charge in [-0.05, 0) is 36.1 Å². The molecule has 1 aromatic carbocycles. The third-order valence-electron chi connectivity index (χ3n) is 3.18. The first-order chi connectivity index (χ1) is 7.66. The molecule has 0 aliphatic carbocycles. The number of thioether (sulfide) groups is 1. The first-order valence-corrected chi connectivity index (χ1v) is 7.19. The van der Waals surface area contributed by atoms with Crippen molar-refractivity contribution in [3.63, 3.8) is 0 Å². The summed E-state index contributed by atoms with van der Waals surface area (Å²) in [4.78, 5) is 0. The van der Waals surface area contributed by atoms with Crippen LogP contribution in [0.25, 0.3) is 0 Å². The number of benzene rings is 1.